The number of rotatable bonds is 6. The molecule has 212 valence electrons. The molecular weight excluding hydrogens is 566 g/mol. The number of piperazine rings is 1. The Hall–Kier alpha value is -3.99. The summed E-state index contributed by atoms with van der Waals surface area (Å²) in [4.78, 5) is 46.3. The Morgan fingerprint density at radius 3 is 2.32 bits per heavy atom. The van der Waals surface area contributed by atoms with Crippen LogP contribution in [0.3, 0.4) is 0 Å². The van der Waals surface area contributed by atoms with E-state index in [2.05, 4.69) is 4.98 Å². The lowest BCUT2D eigenvalue weighted by Gasteiger charge is -2.72. The molecule has 2 heterocycles. The molecule has 1 aliphatic heterocycles. The Balaban J connectivity index is 1.28. The first-order valence-corrected chi connectivity index (χ1v) is 13.1. The molecule has 4 aliphatic rings. The SMILES string of the molecule is O=C(OC12CC(C3C(=O)N(c4ncc(Cl)cc4F)CC(=O)N3Cc3ccc(C(F)(F)F)cc3)(C1)C2)c1ccccc1. The largest absolute Gasteiger partial charge is 0.455 e. The number of hydrogen-bond acceptors (Lipinski definition) is 5. The van der Waals surface area contributed by atoms with E-state index in [-0.39, 0.29) is 17.4 Å². The van der Waals surface area contributed by atoms with Crippen LogP contribution in [0.2, 0.25) is 5.02 Å². The quantitative estimate of drug-likeness (QED) is 0.284. The van der Waals surface area contributed by atoms with Gasteiger partial charge in [-0.05, 0) is 55.2 Å². The van der Waals surface area contributed by atoms with Crippen LogP contribution in [0, 0.1) is 11.2 Å². The Morgan fingerprint density at radius 2 is 1.71 bits per heavy atom. The zero-order chi connectivity index (χ0) is 29.2. The van der Waals surface area contributed by atoms with Crippen LogP contribution in [0.5, 0.6) is 0 Å². The fourth-order valence-electron chi connectivity index (χ4n) is 6.28. The van der Waals surface area contributed by atoms with E-state index in [4.69, 9.17) is 16.3 Å². The van der Waals surface area contributed by atoms with Crippen LogP contribution in [0.15, 0.2) is 66.9 Å². The summed E-state index contributed by atoms with van der Waals surface area (Å²) in [6.45, 7) is -0.637. The van der Waals surface area contributed by atoms with Crippen molar-refractivity contribution in [3.8, 4) is 0 Å². The van der Waals surface area contributed by atoms with Crippen LogP contribution in [0.25, 0.3) is 0 Å². The number of esters is 1. The molecule has 1 unspecified atom stereocenters. The Bertz CT molecular complexity index is 1530. The third kappa shape index (κ3) is 4.71. The number of amides is 2. The average Bonchev–Trinajstić information content (AvgIpc) is 2.88. The van der Waals surface area contributed by atoms with Gasteiger partial charge < -0.3 is 9.64 Å². The molecule has 0 spiro atoms. The number of nitrogens with zero attached hydrogens (tertiary/aromatic N) is 3. The highest BCUT2D eigenvalue weighted by Gasteiger charge is 2.76. The zero-order valence-electron chi connectivity index (χ0n) is 21.3. The normalized spacial score (nSPS) is 25.4. The Labute approximate surface area is 236 Å². The smallest absolute Gasteiger partial charge is 0.416 e. The van der Waals surface area contributed by atoms with Crippen molar-refractivity contribution in [1.82, 2.24) is 9.88 Å². The van der Waals surface area contributed by atoms with Crippen molar-refractivity contribution in [1.29, 1.82) is 0 Å². The molecule has 7 rings (SSSR count). The maximum atomic E-state index is 14.8. The third-order valence-electron chi connectivity index (χ3n) is 8.03. The van der Waals surface area contributed by atoms with Gasteiger partial charge in [-0.15, -0.1) is 0 Å². The number of anilines is 1. The number of halogens is 5. The number of aromatic nitrogens is 1. The van der Waals surface area contributed by atoms with Gasteiger partial charge >= 0.3 is 12.1 Å². The minimum atomic E-state index is -4.52. The molecule has 3 aliphatic carbocycles. The summed E-state index contributed by atoms with van der Waals surface area (Å²) < 4.78 is 59.8. The molecule has 1 aromatic heterocycles. The highest BCUT2D eigenvalue weighted by Crippen LogP contribution is 2.72. The number of hydrogen-bond donors (Lipinski definition) is 0. The third-order valence-corrected chi connectivity index (χ3v) is 8.23. The summed E-state index contributed by atoms with van der Waals surface area (Å²) in [5.74, 6) is -2.82. The molecule has 2 amide bonds. The summed E-state index contributed by atoms with van der Waals surface area (Å²) >= 11 is 5.82. The van der Waals surface area contributed by atoms with E-state index >= 15 is 0 Å². The predicted molar refractivity (Wildman–Crippen MR) is 138 cm³/mol. The fraction of sp³-hybridized carbons (Fsp3) is 0.310. The highest BCUT2D eigenvalue weighted by atomic mass is 35.5. The van der Waals surface area contributed by atoms with Gasteiger partial charge in [0.15, 0.2) is 11.6 Å². The van der Waals surface area contributed by atoms with Gasteiger partial charge in [0.1, 0.15) is 18.2 Å². The summed E-state index contributed by atoms with van der Waals surface area (Å²) in [5.41, 5.74) is -1.60. The standard InChI is InChI=1S/C29H22ClF4N3O4/c30-20-10-21(31)24(35-11-20)37-13-22(38)36(12-17-6-8-19(9-7-17)29(32,33)34)23(25(37)39)27-14-28(15-27,16-27)41-26(40)18-4-2-1-3-5-18/h1-11,23H,12-16H2. The molecule has 2 aromatic carbocycles. The van der Waals surface area contributed by atoms with Crippen molar-refractivity contribution in [2.45, 2.75) is 43.6 Å². The number of alkyl halides is 3. The average molecular weight is 588 g/mol. The predicted octanol–water partition coefficient (Wildman–Crippen LogP) is 5.42. The summed E-state index contributed by atoms with van der Waals surface area (Å²) in [7, 11) is 0. The van der Waals surface area contributed by atoms with Crippen molar-refractivity contribution < 1.29 is 36.7 Å². The van der Waals surface area contributed by atoms with Gasteiger partial charge in [-0.2, -0.15) is 13.2 Å². The van der Waals surface area contributed by atoms with Crippen molar-refractivity contribution in [2.24, 2.45) is 5.41 Å². The maximum absolute atomic E-state index is 14.8. The van der Waals surface area contributed by atoms with Crippen LogP contribution >= 0.6 is 11.6 Å². The van der Waals surface area contributed by atoms with Crippen LogP contribution in [0.4, 0.5) is 23.4 Å². The van der Waals surface area contributed by atoms with Crippen LogP contribution in [-0.4, -0.2) is 45.9 Å². The first kappa shape index (κ1) is 27.2. The first-order chi connectivity index (χ1) is 19.4. The van der Waals surface area contributed by atoms with Gasteiger partial charge in [0.05, 0.1) is 16.1 Å². The van der Waals surface area contributed by atoms with Crippen molar-refractivity contribution >= 4 is 35.2 Å². The highest BCUT2D eigenvalue weighted by molar-refractivity contribution is 6.30. The molecule has 1 saturated heterocycles. The zero-order valence-corrected chi connectivity index (χ0v) is 22.1. The maximum Gasteiger partial charge on any atom is 0.416 e. The molecule has 7 nitrogen and oxygen atoms in total. The van der Waals surface area contributed by atoms with E-state index in [1.807, 2.05) is 0 Å². The molecule has 4 fully saturated rings. The van der Waals surface area contributed by atoms with Crippen LogP contribution in [-0.2, 0) is 27.0 Å². The molecule has 12 heteroatoms. The van der Waals surface area contributed by atoms with E-state index in [1.54, 1.807) is 30.3 Å². The minimum Gasteiger partial charge on any atom is -0.455 e. The summed E-state index contributed by atoms with van der Waals surface area (Å²) in [6.07, 6.45) is -2.45. The number of carbonyl (C=O) groups is 3. The second-order valence-electron chi connectivity index (χ2n) is 10.8. The first-order valence-electron chi connectivity index (χ1n) is 12.8. The lowest BCUT2D eigenvalue weighted by molar-refractivity contribution is -0.278. The van der Waals surface area contributed by atoms with E-state index < -0.39 is 58.9 Å². The van der Waals surface area contributed by atoms with Crippen molar-refractivity contribution in [3.63, 3.8) is 0 Å². The van der Waals surface area contributed by atoms with Crippen LogP contribution < -0.4 is 4.90 Å². The van der Waals surface area contributed by atoms with Gasteiger partial charge in [0, 0.05) is 18.2 Å². The number of pyridine rings is 1. The van der Waals surface area contributed by atoms with Gasteiger partial charge in [-0.1, -0.05) is 41.9 Å². The summed E-state index contributed by atoms with van der Waals surface area (Å²) in [5, 5.41) is 0.0177. The van der Waals surface area contributed by atoms with Crippen LogP contribution in [0.1, 0.15) is 40.7 Å². The minimum absolute atomic E-state index is 0.0177. The van der Waals surface area contributed by atoms with E-state index in [1.165, 1.54) is 23.2 Å². The molecular formula is C29H22ClF4N3O4. The molecule has 1 atom stereocenters. The lowest BCUT2D eigenvalue weighted by atomic mass is 9.38. The molecule has 0 radical (unpaired) electrons. The van der Waals surface area contributed by atoms with Gasteiger partial charge in [-0.3, -0.25) is 14.5 Å². The number of benzene rings is 2. The molecule has 0 N–H and O–H groups in total. The lowest BCUT2D eigenvalue weighted by Crippen LogP contribution is -2.79. The molecule has 2 bridgehead atoms. The van der Waals surface area contributed by atoms with E-state index in [0.29, 0.717) is 30.4 Å². The topological polar surface area (TPSA) is 79.8 Å². The van der Waals surface area contributed by atoms with E-state index in [0.717, 1.165) is 23.1 Å². The monoisotopic (exact) mass is 587 g/mol. The van der Waals surface area contributed by atoms with Gasteiger partial charge in [-0.25, -0.2) is 14.2 Å². The van der Waals surface area contributed by atoms with Crippen molar-refractivity contribution in [2.75, 3.05) is 11.4 Å². The summed E-state index contributed by atoms with van der Waals surface area (Å²) in [6, 6.07) is 12.7. The second kappa shape index (κ2) is 9.54. The van der Waals surface area contributed by atoms with Crippen molar-refractivity contribution in [3.05, 3.63) is 94.4 Å². The molecule has 41 heavy (non-hydrogen) atoms. The van der Waals surface area contributed by atoms with Gasteiger partial charge in [0.25, 0.3) is 5.91 Å². The molecule has 3 aromatic rings. The van der Waals surface area contributed by atoms with E-state index in [9.17, 15) is 31.9 Å². The number of carbonyl (C=O) groups excluding carboxylic acids is 3. The second-order valence-corrected chi connectivity index (χ2v) is 11.3. The Morgan fingerprint density at radius 1 is 1.05 bits per heavy atom. The Kier molecular flexibility index (Phi) is 6.33. The molecule has 3 saturated carbocycles. The van der Waals surface area contributed by atoms with Gasteiger partial charge in [0.2, 0.25) is 5.91 Å². The fourth-order valence-corrected chi connectivity index (χ4v) is 6.42. The number of ether oxygens (including phenoxy) is 1.